The van der Waals surface area contributed by atoms with Gasteiger partial charge in [-0.15, -0.1) is 0 Å². The van der Waals surface area contributed by atoms with Gasteiger partial charge in [0.25, 0.3) is 0 Å². The summed E-state index contributed by atoms with van der Waals surface area (Å²) in [6, 6.07) is 14.0. The maximum absolute atomic E-state index is 13.0. The summed E-state index contributed by atoms with van der Waals surface area (Å²) >= 11 is 0. The van der Waals surface area contributed by atoms with Crippen molar-refractivity contribution in [3.8, 4) is 0 Å². The summed E-state index contributed by atoms with van der Waals surface area (Å²) in [5.74, 6) is -0.410. The van der Waals surface area contributed by atoms with Gasteiger partial charge in [0, 0.05) is 6.54 Å². The van der Waals surface area contributed by atoms with Gasteiger partial charge in [-0.25, -0.2) is 9.18 Å². The monoisotopic (exact) mass is 327 g/mol. The van der Waals surface area contributed by atoms with Crippen LogP contribution >= 0.6 is 0 Å². The van der Waals surface area contributed by atoms with Gasteiger partial charge in [0.1, 0.15) is 5.82 Å². The van der Waals surface area contributed by atoms with Gasteiger partial charge in [0.05, 0.1) is 5.56 Å². The second-order valence-corrected chi connectivity index (χ2v) is 6.55. The fraction of sp³-hybridized carbons (Fsp3) is 0.350. The lowest BCUT2D eigenvalue weighted by Gasteiger charge is -2.32. The lowest BCUT2D eigenvalue weighted by atomic mass is 9.90. The molecule has 0 radical (unpaired) electrons. The molecule has 24 heavy (non-hydrogen) atoms. The Morgan fingerprint density at radius 3 is 2.17 bits per heavy atom. The predicted molar refractivity (Wildman–Crippen MR) is 91.5 cm³/mol. The van der Waals surface area contributed by atoms with Crippen molar-refractivity contribution in [3.63, 3.8) is 0 Å². The molecule has 2 aromatic carbocycles. The first-order chi connectivity index (χ1) is 11.6. The first kappa shape index (κ1) is 16.7. The summed E-state index contributed by atoms with van der Waals surface area (Å²) in [7, 11) is 0. The number of halogens is 1. The third kappa shape index (κ3) is 4.42. The van der Waals surface area contributed by atoms with Crippen molar-refractivity contribution < 1.29 is 14.3 Å². The van der Waals surface area contributed by atoms with E-state index in [9.17, 15) is 9.18 Å². The van der Waals surface area contributed by atoms with Gasteiger partial charge in [-0.05, 0) is 73.7 Å². The van der Waals surface area contributed by atoms with Gasteiger partial charge in [0.2, 0.25) is 0 Å². The third-order valence-electron chi connectivity index (χ3n) is 4.75. The molecule has 0 aromatic heterocycles. The highest BCUT2D eigenvalue weighted by atomic mass is 19.1. The van der Waals surface area contributed by atoms with Crippen molar-refractivity contribution in [2.24, 2.45) is 5.92 Å². The molecule has 0 unspecified atom stereocenters. The van der Waals surface area contributed by atoms with Crippen molar-refractivity contribution in [2.75, 3.05) is 13.1 Å². The van der Waals surface area contributed by atoms with E-state index in [2.05, 4.69) is 4.90 Å². The number of nitrogens with zero attached hydrogens (tertiary/aromatic N) is 1. The summed E-state index contributed by atoms with van der Waals surface area (Å²) in [4.78, 5) is 13.3. The standard InChI is InChI=1S/C20H22FNO2/c21-19-7-3-15(4-8-19)13-16-9-11-22(12-10-16)14-17-1-5-18(6-2-17)20(23)24/h1-8,16H,9-14H2,(H,23,24). The Labute approximate surface area is 141 Å². The van der Waals surface area contributed by atoms with E-state index in [1.165, 1.54) is 17.7 Å². The lowest BCUT2D eigenvalue weighted by Crippen LogP contribution is -2.33. The average molecular weight is 327 g/mol. The molecule has 0 spiro atoms. The van der Waals surface area contributed by atoms with Crippen LogP contribution in [0.25, 0.3) is 0 Å². The van der Waals surface area contributed by atoms with Gasteiger partial charge in [0.15, 0.2) is 0 Å². The molecule has 1 fully saturated rings. The second kappa shape index (κ2) is 7.58. The Morgan fingerprint density at radius 1 is 1.00 bits per heavy atom. The summed E-state index contributed by atoms with van der Waals surface area (Å²) in [5, 5.41) is 8.93. The molecule has 2 aromatic rings. The zero-order valence-electron chi connectivity index (χ0n) is 13.6. The van der Waals surface area contributed by atoms with E-state index in [-0.39, 0.29) is 5.82 Å². The second-order valence-electron chi connectivity index (χ2n) is 6.55. The molecule has 1 aliphatic heterocycles. The van der Waals surface area contributed by atoms with E-state index in [0.29, 0.717) is 11.5 Å². The SMILES string of the molecule is O=C(O)c1ccc(CN2CCC(Cc3ccc(F)cc3)CC2)cc1. The molecule has 0 bridgehead atoms. The minimum Gasteiger partial charge on any atom is -0.478 e. The van der Waals surface area contributed by atoms with E-state index in [1.807, 2.05) is 24.3 Å². The van der Waals surface area contributed by atoms with Gasteiger partial charge in [-0.3, -0.25) is 4.90 Å². The van der Waals surface area contributed by atoms with Crippen LogP contribution in [0.15, 0.2) is 48.5 Å². The van der Waals surface area contributed by atoms with Crippen molar-refractivity contribution in [1.82, 2.24) is 4.90 Å². The normalized spacial score (nSPS) is 16.2. The van der Waals surface area contributed by atoms with Crippen LogP contribution in [-0.4, -0.2) is 29.1 Å². The van der Waals surface area contributed by atoms with E-state index < -0.39 is 5.97 Å². The molecule has 126 valence electrons. The molecule has 0 atom stereocenters. The summed E-state index contributed by atoms with van der Waals surface area (Å²) in [5.41, 5.74) is 2.69. The molecular weight excluding hydrogens is 305 g/mol. The van der Waals surface area contributed by atoms with Crippen LogP contribution in [0.3, 0.4) is 0 Å². The number of benzene rings is 2. The van der Waals surface area contributed by atoms with Gasteiger partial charge in [-0.1, -0.05) is 24.3 Å². The van der Waals surface area contributed by atoms with Crippen molar-refractivity contribution >= 4 is 5.97 Å². The molecule has 1 heterocycles. The van der Waals surface area contributed by atoms with E-state index >= 15 is 0 Å². The Hall–Kier alpha value is -2.20. The Kier molecular flexibility index (Phi) is 5.26. The van der Waals surface area contributed by atoms with Crippen LogP contribution in [0.4, 0.5) is 4.39 Å². The number of hydrogen-bond donors (Lipinski definition) is 1. The fourth-order valence-electron chi connectivity index (χ4n) is 3.31. The largest absolute Gasteiger partial charge is 0.478 e. The zero-order valence-corrected chi connectivity index (χ0v) is 13.6. The number of piperidine rings is 1. The number of hydrogen-bond acceptors (Lipinski definition) is 2. The molecule has 1 saturated heterocycles. The smallest absolute Gasteiger partial charge is 0.335 e. The highest BCUT2D eigenvalue weighted by molar-refractivity contribution is 5.87. The van der Waals surface area contributed by atoms with Crippen molar-refractivity contribution in [1.29, 1.82) is 0 Å². The minimum absolute atomic E-state index is 0.178. The summed E-state index contributed by atoms with van der Waals surface area (Å²) < 4.78 is 13.0. The number of carboxylic acids is 1. The highest BCUT2D eigenvalue weighted by Crippen LogP contribution is 2.23. The number of carbonyl (C=O) groups is 1. The van der Waals surface area contributed by atoms with Crippen LogP contribution in [0.2, 0.25) is 0 Å². The first-order valence-electron chi connectivity index (χ1n) is 8.39. The molecule has 1 aliphatic rings. The van der Waals surface area contributed by atoms with Gasteiger partial charge >= 0.3 is 5.97 Å². The van der Waals surface area contributed by atoms with Crippen LogP contribution in [0, 0.1) is 11.7 Å². The van der Waals surface area contributed by atoms with E-state index in [0.717, 1.165) is 44.5 Å². The number of aromatic carboxylic acids is 1. The molecule has 3 nitrogen and oxygen atoms in total. The lowest BCUT2D eigenvalue weighted by molar-refractivity contribution is 0.0697. The van der Waals surface area contributed by atoms with E-state index in [1.54, 1.807) is 12.1 Å². The minimum atomic E-state index is -0.886. The Balaban J connectivity index is 1.48. The van der Waals surface area contributed by atoms with E-state index in [4.69, 9.17) is 5.11 Å². The number of likely N-dealkylation sites (tertiary alicyclic amines) is 1. The summed E-state index contributed by atoms with van der Waals surface area (Å²) in [6.45, 7) is 2.96. The van der Waals surface area contributed by atoms with Crippen molar-refractivity contribution in [3.05, 3.63) is 71.0 Å². The maximum Gasteiger partial charge on any atom is 0.335 e. The topological polar surface area (TPSA) is 40.5 Å². The number of rotatable bonds is 5. The molecular formula is C20H22FNO2. The van der Waals surface area contributed by atoms with Crippen LogP contribution in [-0.2, 0) is 13.0 Å². The molecule has 0 aliphatic carbocycles. The van der Waals surface area contributed by atoms with Crippen LogP contribution in [0.1, 0.15) is 34.3 Å². The summed E-state index contributed by atoms with van der Waals surface area (Å²) in [6.07, 6.45) is 3.30. The van der Waals surface area contributed by atoms with Gasteiger partial charge < -0.3 is 5.11 Å². The first-order valence-corrected chi connectivity index (χ1v) is 8.39. The Morgan fingerprint density at radius 2 is 1.58 bits per heavy atom. The highest BCUT2D eigenvalue weighted by Gasteiger charge is 2.19. The van der Waals surface area contributed by atoms with Crippen LogP contribution in [0.5, 0.6) is 0 Å². The fourth-order valence-corrected chi connectivity index (χ4v) is 3.31. The average Bonchev–Trinajstić information content (AvgIpc) is 2.59. The van der Waals surface area contributed by atoms with Crippen LogP contribution < -0.4 is 0 Å². The molecule has 1 N–H and O–H groups in total. The van der Waals surface area contributed by atoms with Crippen molar-refractivity contribution in [2.45, 2.75) is 25.8 Å². The third-order valence-corrected chi connectivity index (χ3v) is 4.75. The number of carboxylic acid groups (broad SMARTS) is 1. The molecule has 0 amide bonds. The molecule has 4 heteroatoms. The predicted octanol–water partition coefficient (Wildman–Crippen LogP) is 3.98. The quantitative estimate of drug-likeness (QED) is 0.903. The Bertz CT molecular complexity index is 674. The van der Waals surface area contributed by atoms with Gasteiger partial charge in [-0.2, -0.15) is 0 Å². The molecule has 3 rings (SSSR count). The zero-order chi connectivity index (χ0) is 16.9. The maximum atomic E-state index is 13.0. The molecule has 0 saturated carbocycles.